The number of carbonyl (C=O) groups excluding carboxylic acids is 1. The molecule has 2 heterocycles. The van der Waals surface area contributed by atoms with Crippen LogP contribution < -0.4 is 10.1 Å². The number of H-pyrrole nitrogens is 1. The Balaban J connectivity index is 1.67. The summed E-state index contributed by atoms with van der Waals surface area (Å²) in [7, 11) is 1.48. The lowest BCUT2D eigenvalue weighted by molar-refractivity contribution is 0.0913. The Morgan fingerprint density at radius 1 is 1.22 bits per heavy atom. The van der Waals surface area contributed by atoms with E-state index in [9.17, 15) is 14.3 Å². The highest BCUT2D eigenvalue weighted by Gasteiger charge is 2.21. The average Bonchev–Trinajstić information content (AvgIpc) is 3.25. The number of aromatic amines is 1. The number of fused-ring (bicyclic) bond motifs is 1. The number of carbonyl (C=O) groups is 1. The SMILES string of the molecule is COc1c(C(=O)NC(CO)c2cccnc2)ccc2n[nH]c(/C=C/c3ccc(F)cc3)c12. The summed E-state index contributed by atoms with van der Waals surface area (Å²) < 4.78 is 18.7. The molecule has 1 amide bonds. The molecule has 0 bridgehead atoms. The van der Waals surface area contributed by atoms with E-state index in [0.29, 0.717) is 33.5 Å². The third kappa shape index (κ3) is 4.35. The van der Waals surface area contributed by atoms with Gasteiger partial charge in [-0.25, -0.2) is 4.39 Å². The molecular formula is C24H21FN4O3. The number of benzene rings is 2. The molecule has 4 aromatic rings. The smallest absolute Gasteiger partial charge is 0.255 e. The number of methoxy groups -OCH3 is 1. The molecule has 0 aliphatic rings. The average molecular weight is 432 g/mol. The van der Waals surface area contributed by atoms with Crippen LogP contribution in [0.4, 0.5) is 4.39 Å². The Hall–Kier alpha value is -4.04. The van der Waals surface area contributed by atoms with Gasteiger partial charge in [-0.3, -0.25) is 14.9 Å². The summed E-state index contributed by atoms with van der Waals surface area (Å²) in [5.41, 5.74) is 3.07. The standard InChI is InChI=1S/C24H21FN4O3/c1-32-23-18(24(31)27-21(14-30)16-3-2-12-26-13-16)9-11-20-22(23)19(28-29-20)10-6-15-4-7-17(25)8-5-15/h2-13,21,30H,14H2,1H3,(H,27,31)(H,28,29)/b10-6+. The predicted octanol–water partition coefficient (Wildman–Crippen LogP) is 3.74. The molecule has 1 unspecified atom stereocenters. The van der Waals surface area contributed by atoms with E-state index in [0.717, 1.165) is 5.56 Å². The molecule has 0 spiro atoms. The van der Waals surface area contributed by atoms with Crippen LogP contribution in [0.15, 0.2) is 60.9 Å². The summed E-state index contributed by atoms with van der Waals surface area (Å²) in [5, 5.41) is 20.4. The molecule has 2 aromatic carbocycles. The Bertz CT molecular complexity index is 1250. The second-order valence-electron chi connectivity index (χ2n) is 7.06. The number of pyridine rings is 1. The number of halogens is 1. The van der Waals surface area contributed by atoms with E-state index >= 15 is 0 Å². The zero-order chi connectivity index (χ0) is 22.5. The molecule has 3 N–H and O–H groups in total. The number of aromatic nitrogens is 3. The van der Waals surface area contributed by atoms with Gasteiger partial charge >= 0.3 is 0 Å². The van der Waals surface area contributed by atoms with Gasteiger partial charge in [0.1, 0.15) is 11.6 Å². The normalized spacial score (nSPS) is 12.2. The van der Waals surface area contributed by atoms with E-state index < -0.39 is 11.9 Å². The van der Waals surface area contributed by atoms with Crippen molar-refractivity contribution in [1.29, 1.82) is 0 Å². The van der Waals surface area contributed by atoms with Crippen LogP contribution in [-0.4, -0.2) is 39.9 Å². The van der Waals surface area contributed by atoms with Gasteiger partial charge in [0.2, 0.25) is 0 Å². The second kappa shape index (κ2) is 9.40. The minimum Gasteiger partial charge on any atom is -0.495 e. The molecule has 32 heavy (non-hydrogen) atoms. The quantitative estimate of drug-likeness (QED) is 0.413. The number of hydrogen-bond acceptors (Lipinski definition) is 5. The van der Waals surface area contributed by atoms with Crippen LogP contribution in [0.25, 0.3) is 23.1 Å². The number of nitrogens with zero attached hydrogens (tertiary/aromatic N) is 2. The lowest BCUT2D eigenvalue weighted by Crippen LogP contribution is -2.31. The van der Waals surface area contributed by atoms with E-state index in [2.05, 4.69) is 20.5 Å². The number of amides is 1. The van der Waals surface area contributed by atoms with E-state index in [1.165, 1.54) is 19.2 Å². The molecule has 8 heteroatoms. The van der Waals surface area contributed by atoms with Gasteiger partial charge in [-0.05, 0) is 47.5 Å². The van der Waals surface area contributed by atoms with Crippen molar-refractivity contribution in [3.8, 4) is 5.75 Å². The topological polar surface area (TPSA) is 100 Å². The first-order chi connectivity index (χ1) is 15.6. The molecule has 0 fully saturated rings. The summed E-state index contributed by atoms with van der Waals surface area (Å²) in [6.45, 7) is -0.278. The maximum Gasteiger partial charge on any atom is 0.255 e. The van der Waals surface area contributed by atoms with Gasteiger partial charge in [0, 0.05) is 12.4 Å². The van der Waals surface area contributed by atoms with Gasteiger partial charge in [-0.2, -0.15) is 5.10 Å². The maximum atomic E-state index is 13.1. The van der Waals surface area contributed by atoms with Crippen molar-refractivity contribution in [2.45, 2.75) is 6.04 Å². The van der Waals surface area contributed by atoms with Crippen LogP contribution >= 0.6 is 0 Å². The van der Waals surface area contributed by atoms with Crippen LogP contribution in [0, 0.1) is 5.82 Å². The monoisotopic (exact) mass is 432 g/mol. The molecule has 0 saturated carbocycles. The fourth-order valence-corrected chi connectivity index (χ4v) is 3.42. The largest absolute Gasteiger partial charge is 0.495 e. The second-order valence-corrected chi connectivity index (χ2v) is 7.06. The Morgan fingerprint density at radius 2 is 2.03 bits per heavy atom. The Morgan fingerprint density at radius 3 is 2.72 bits per heavy atom. The van der Waals surface area contributed by atoms with E-state index in [1.54, 1.807) is 54.9 Å². The predicted molar refractivity (Wildman–Crippen MR) is 120 cm³/mol. The number of nitrogens with one attached hydrogen (secondary N) is 2. The van der Waals surface area contributed by atoms with Crippen LogP contribution in [0.1, 0.15) is 33.2 Å². The van der Waals surface area contributed by atoms with Crippen LogP contribution in [0.3, 0.4) is 0 Å². The first kappa shape index (κ1) is 21.2. The van der Waals surface area contributed by atoms with Crippen LogP contribution in [0.2, 0.25) is 0 Å². The molecule has 7 nitrogen and oxygen atoms in total. The number of ether oxygens (including phenoxy) is 1. The third-order valence-electron chi connectivity index (χ3n) is 5.04. The molecule has 4 rings (SSSR count). The minimum atomic E-state index is -0.612. The van der Waals surface area contributed by atoms with Crippen molar-refractivity contribution < 1.29 is 19.0 Å². The molecule has 0 radical (unpaired) electrons. The molecular weight excluding hydrogens is 411 g/mol. The molecule has 1 atom stereocenters. The van der Waals surface area contributed by atoms with Crippen molar-refractivity contribution in [3.63, 3.8) is 0 Å². The summed E-state index contributed by atoms with van der Waals surface area (Å²) in [4.78, 5) is 17.1. The van der Waals surface area contributed by atoms with E-state index in [1.807, 2.05) is 6.08 Å². The highest BCUT2D eigenvalue weighted by molar-refractivity contribution is 6.05. The Kier molecular flexibility index (Phi) is 6.23. The van der Waals surface area contributed by atoms with Crippen molar-refractivity contribution in [2.75, 3.05) is 13.7 Å². The minimum absolute atomic E-state index is 0.278. The van der Waals surface area contributed by atoms with Crippen LogP contribution in [0.5, 0.6) is 5.75 Å². The fourth-order valence-electron chi connectivity index (χ4n) is 3.42. The molecule has 0 saturated heterocycles. The van der Waals surface area contributed by atoms with Gasteiger partial charge in [0.05, 0.1) is 41.9 Å². The molecule has 0 aliphatic carbocycles. The Labute approximate surface area is 183 Å². The molecule has 0 aliphatic heterocycles. The van der Waals surface area contributed by atoms with Gasteiger partial charge in [0.25, 0.3) is 5.91 Å². The highest BCUT2D eigenvalue weighted by atomic mass is 19.1. The van der Waals surface area contributed by atoms with E-state index in [-0.39, 0.29) is 12.4 Å². The van der Waals surface area contributed by atoms with Crippen molar-refractivity contribution in [2.24, 2.45) is 0 Å². The van der Waals surface area contributed by atoms with Crippen LogP contribution in [-0.2, 0) is 0 Å². The van der Waals surface area contributed by atoms with Gasteiger partial charge in [-0.15, -0.1) is 0 Å². The number of aliphatic hydroxyl groups excluding tert-OH is 1. The van der Waals surface area contributed by atoms with Gasteiger partial charge in [-0.1, -0.05) is 24.3 Å². The third-order valence-corrected chi connectivity index (χ3v) is 5.04. The number of rotatable bonds is 7. The summed E-state index contributed by atoms with van der Waals surface area (Å²) >= 11 is 0. The summed E-state index contributed by atoms with van der Waals surface area (Å²) in [5.74, 6) is -0.351. The zero-order valence-electron chi connectivity index (χ0n) is 17.2. The maximum absolute atomic E-state index is 13.1. The molecule has 2 aromatic heterocycles. The van der Waals surface area contributed by atoms with Gasteiger partial charge < -0.3 is 15.2 Å². The van der Waals surface area contributed by atoms with E-state index in [4.69, 9.17) is 4.74 Å². The van der Waals surface area contributed by atoms with Crippen molar-refractivity contribution in [1.82, 2.24) is 20.5 Å². The lowest BCUT2D eigenvalue weighted by atomic mass is 10.1. The highest BCUT2D eigenvalue weighted by Crippen LogP contribution is 2.32. The first-order valence-electron chi connectivity index (χ1n) is 9.91. The van der Waals surface area contributed by atoms with Crippen molar-refractivity contribution >= 4 is 29.0 Å². The first-order valence-corrected chi connectivity index (χ1v) is 9.91. The summed E-state index contributed by atoms with van der Waals surface area (Å²) in [6.07, 6.45) is 6.81. The van der Waals surface area contributed by atoms with Crippen molar-refractivity contribution in [3.05, 3.63) is 89.1 Å². The lowest BCUT2D eigenvalue weighted by Gasteiger charge is -2.17. The number of hydrogen-bond donors (Lipinski definition) is 3. The summed E-state index contributed by atoms with van der Waals surface area (Å²) in [6, 6.07) is 12.3. The number of aliphatic hydroxyl groups is 1. The zero-order valence-corrected chi connectivity index (χ0v) is 17.2. The van der Waals surface area contributed by atoms with Gasteiger partial charge in [0.15, 0.2) is 0 Å². The molecule has 162 valence electrons. The fraction of sp³-hybridized carbons (Fsp3) is 0.125.